The Bertz CT molecular complexity index is 933. The van der Waals surface area contributed by atoms with Gasteiger partial charge < -0.3 is 9.84 Å². The molecule has 0 aliphatic heterocycles. The Morgan fingerprint density at radius 2 is 1.81 bits per heavy atom. The molecule has 0 aliphatic carbocycles. The van der Waals surface area contributed by atoms with Crippen LogP contribution < -0.4 is 4.74 Å². The summed E-state index contributed by atoms with van der Waals surface area (Å²) in [5, 5.41) is 9.45. The van der Waals surface area contributed by atoms with Crippen molar-refractivity contribution < 1.29 is 14.6 Å². The summed E-state index contributed by atoms with van der Waals surface area (Å²) in [4.78, 5) is 11.4. The number of hydrogen-bond donors (Lipinski definition) is 1. The van der Waals surface area contributed by atoms with Crippen molar-refractivity contribution in [3.63, 3.8) is 0 Å². The molecule has 2 aromatic carbocycles. The van der Waals surface area contributed by atoms with Gasteiger partial charge in [-0.25, -0.2) is 4.79 Å². The van der Waals surface area contributed by atoms with Crippen LogP contribution in [0.5, 0.6) is 5.06 Å². The zero-order chi connectivity index (χ0) is 18.5. The predicted octanol–water partition coefficient (Wildman–Crippen LogP) is 5.71. The highest BCUT2D eigenvalue weighted by molar-refractivity contribution is 7.14. The molecule has 1 N–H and O–H groups in total. The number of carboxylic acids is 1. The zero-order valence-electron chi connectivity index (χ0n) is 14.7. The van der Waals surface area contributed by atoms with E-state index in [0.29, 0.717) is 6.61 Å². The lowest BCUT2D eigenvalue weighted by Gasteiger charge is -2.11. The van der Waals surface area contributed by atoms with Gasteiger partial charge in [0.05, 0.1) is 0 Å². The van der Waals surface area contributed by atoms with Gasteiger partial charge in [-0.05, 0) is 65.9 Å². The van der Waals surface area contributed by atoms with Crippen LogP contribution in [0.25, 0.3) is 17.2 Å². The van der Waals surface area contributed by atoms with Crippen molar-refractivity contribution in [2.24, 2.45) is 0 Å². The second-order valence-corrected chi connectivity index (χ2v) is 7.16. The van der Waals surface area contributed by atoms with Gasteiger partial charge in [-0.15, -0.1) is 0 Å². The van der Waals surface area contributed by atoms with Crippen LogP contribution in [0.1, 0.15) is 21.6 Å². The summed E-state index contributed by atoms with van der Waals surface area (Å²) in [6, 6.07) is 18.4. The number of thiophene rings is 1. The highest BCUT2D eigenvalue weighted by atomic mass is 32.1. The minimum atomic E-state index is -0.954. The average Bonchev–Trinajstić information content (AvgIpc) is 3.06. The standard InChI is InChI=1S/C22H20O3S/c1-15-5-3-6-16(2)22(15)18-8-4-7-17(13-18)14-25-21-12-10-19(26-21)9-11-20(23)24/h3-13H,14H2,1-2H3,(H,23,24)/b11-9+. The molecule has 4 heteroatoms. The second-order valence-electron chi connectivity index (χ2n) is 6.08. The Morgan fingerprint density at radius 3 is 2.54 bits per heavy atom. The van der Waals surface area contributed by atoms with E-state index < -0.39 is 5.97 Å². The molecule has 0 atom stereocenters. The van der Waals surface area contributed by atoms with Gasteiger partial charge in [0.25, 0.3) is 0 Å². The van der Waals surface area contributed by atoms with Gasteiger partial charge in [-0.1, -0.05) is 47.7 Å². The first kappa shape index (κ1) is 18.0. The smallest absolute Gasteiger partial charge is 0.328 e. The van der Waals surface area contributed by atoms with Gasteiger partial charge in [0.1, 0.15) is 6.61 Å². The minimum Gasteiger partial charge on any atom is -0.479 e. The third-order valence-corrected chi connectivity index (χ3v) is 5.03. The number of carbonyl (C=O) groups is 1. The Hall–Kier alpha value is -2.85. The second kappa shape index (κ2) is 8.02. The molecule has 0 spiro atoms. The first-order valence-corrected chi connectivity index (χ1v) is 9.14. The molecular formula is C22H20O3S. The molecule has 3 nitrogen and oxygen atoms in total. The van der Waals surface area contributed by atoms with Crippen molar-refractivity contribution >= 4 is 23.4 Å². The molecule has 26 heavy (non-hydrogen) atoms. The fourth-order valence-corrected chi connectivity index (χ4v) is 3.65. The topological polar surface area (TPSA) is 46.5 Å². The SMILES string of the molecule is Cc1cccc(C)c1-c1cccc(COc2ccc(/C=C/C(=O)O)s2)c1. The molecule has 0 saturated carbocycles. The Balaban J connectivity index is 1.73. The molecule has 0 bridgehead atoms. The fraction of sp³-hybridized carbons (Fsp3) is 0.136. The van der Waals surface area contributed by atoms with E-state index in [4.69, 9.17) is 9.84 Å². The van der Waals surface area contributed by atoms with E-state index in [0.717, 1.165) is 21.6 Å². The maximum Gasteiger partial charge on any atom is 0.328 e. The van der Waals surface area contributed by atoms with Crippen LogP contribution in [-0.4, -0.2) is 11.1 Å². The van der Waals surface area contributed by atoms with Crippen LogP contribution in [0.2, 0.25) is 0 Å². The van der Waals surface area contributed by atoms with E-state index in [2.05, 4.69) is 56.3 Å². The van der Waals surface area contributed by atoms with Crippen LogP contribution in [-0.2, 0) is 11.4 Å². The lowest BCUT2D eigenvalue weighted by atomic mass is 9.95. The summed E-state index contributed by atoms with van der Waals surface area (Å²) in [6.07, 6.45) is 2.70. The molecule has 3 rings (SSSR count). The van der Waals surface area contributed by atoms with Crippen molar-refractivity contribution in [3.8, 4) is 16.2 Å². The number of aryl methyl sites for hydroxylation is 2. The molecule has 0 fully saturated rings. The van der Waals surface area contributed by atoms with Crippen molar-refractivity contribution in [2.45, 2.75) is 20.5 Å². The van der Waals surface area contributed by atoms with Crippen molar-refractivity contribution in [2.75, 3.05) is 0 Å². The molecule has 1 heterocycles. The summed E-state index contributed by atoms with van der Waals surface area (Å²) in [6.45, 7) is 4.73. The largest absolute Gasteiger partial charge is 0.479 e. The number of carboxylic acid groups (broad SMARTS) is 1. The summed E-state index contributed by atoms with van der Waals surface area (Å²) in [5.41, 5.74) is 6.08. The fourth-order valence-electron chi connectivity index (χ4n) is 2.90. The third kappa shape index (κ3) is 4.41. The first-order valence-electron chi connectivity index (χ1n) is 8.32. The lowest BCUT2D eigenvalue weighted by Crippen LogP contribution is -1.95. The van der Waals surface area contributed by atoms with Gasteiger partial charge in [0.15, 0.2) is 5.06 Å². The van der Waals surface area contributed by atoms with Crippen molar-refractivity contribution in [3.05, 3.63) is 82.2 Å². The number of ether oxygens (including phenoxy) is 1. The van der Waals surface area contributed by atoms with E-state index in [1.54, 1.807) is 6.08 Å². The minimum absolute atomic E-state index is 0.474. The van der Waals surface area contributed by atoms with Crippen LogP contribution in [0, 0.1) is 13.8 Å². The third-order valence-electron chi connectivity index (χ3n) is 4.07. The van der Waals surface area contributed by atoms with Gasteiger partial charge in [0, 0.05) is 11.0 Å². The molecule has 3 aromatic rings. The highest BCUT2D eigenvalue weighted by Gasteiger charge is 2.07. The van der Waals surface area contributed by atoms with Crippen LogP contribution in [0.3, 0.4) is 0 Å². The van der Waals surface area contributed by atoms with Gasteiger partial charge in [0.2, 0.25) is 0 Å². The van der Waals surface area contributed by atoms with E-state index in [9.17, 15) is 4.79 Å². The maximum atomic E-state index is 10.6. The molecule has 0 radical (unpaired) electrons. The van der Waals surface area contributed by atoms with Gasteiger partial charge in [-0.2, -0.15) is 0 Å². The quantitative estimate of drug-likeness (QED) is 0.570. The molecule has 0 aliphatic rings. The maximum absolute atomic E-state index is 10.6. The molecule has 0 unspecified atom stereocenters. The summed E-state index contributed by atoms with van der Waals surface area (Å²) in [7, 11) is 0. The molecular weight excluding hydrogens is 344 g/mol. The molecule has 132 valence electrons. The monoisotopic (exact) mass is 364 g/mol. The molecule has 0 amide bonds. The van der Waals surface area contributed by atoms with E-state index in [1.807, 2.05) is 12.1 Å². The van der Waals surface area contributed by atoms with Crippen molar-refractivity contribution in [1.82, 2.24) is 0 Å². The molecule has 1 aromatic heterocycles. The number of aliphatic carboxylic acids is 1. The Kier molecular flexibility index (Phi) is 5.54. The number of hydrogen-bond acceptors (Lipinski definition) is 3. The summed E-state index contributed by atoms with van der Waals surface area (Å²) in [5.74, 6) is -0.954. The van der Waals surface area contributed by atoms with Gasteiger partial charge in [-0.3, -0.25) is 0 Å². The van der Waals surface area contributed by atoms with E-state index in [-0.39, 0.29) is 0 Å². The van der Waals surface area contributed by atoms with Gasteiger partial charge >= 0.3 is 5.97 Å². The van der Waals surface area contributed by atoms with Crippen LogP contribution >= 0.6 is 11.3 Å². The lowest BCUT2D eigenvalue weighted by molar-refractivity contribution is -0.131. The summed E-state index contributed by atoms with van der Waals surface area (Å²) >= 11 is 1.43. The normalized spacial score (nSPS) is 11.0. The van der Waals surface area contributed by atoms with Crippen LogP contribution in [0.15, 0.2) is 60.7 Å². The molecule has 0 saturated heterocycles. The average molecular weight is 364 g/mol. The van der Waals surface area contributed by atoms with Crippen LogP contribution in [0.4, 0.5) is 0 Å². The number of benzene rings is 2. The first-order chi connectivity index (χ1) is 12.5. The summed E-state index contributed by atoms with van der Waals surface area (Å²) < 4.78 is 5.87. The van der Waals surface area contributed by atoms with E-state index >= 15 is 0 Å². The zero-order valence-corrected chi connectivity index (χ0v) is 15.5. The highest BCUT2D eigenvalue weighted by Crippen LogP contribution is 2.29. The number of rotatable bonds is 6. The van der Waals surface area contributed by atoms with Crippen molar-refractivity contribution in [1.29, 1.82) is 0 Å². The predicted molar refractivity (Wildman–Crippen MR) is 107 cm³/mol. The Labute approximate surface area is 157 Å². The van der Waals surface area contributed by atoms with E-state index in [1.165, 1.54) is 33.6 Å². The Morgan fingerprint density at radius 1 is 1.08 bits per heavy atom.